The number of anilines is 1. The van der Waals surface area contributed by atoms with Gasteiger partial charge in [0.2, 0.25) is 0 Å². The van der Waals surface area contributed by atoms with Gasteiger partial charge in [-0.25, -0.2) is 4.98 Å². The van der Waals surface area contributed by atoms with Gasteiger partial charge in [-0.15, -0.1) is 0 Å². The number of amides is 1. The number of para-hydroxylation sites is 1. The second kappa shape index (κ2) is 6.70. The molecule has 0 atom stereocenters. The van der Waals surface area contributed by atoms with Gasteiger partial charge in [0.1, 0.15) is 17.2 Å². The Hall–Kier alpha value is -3.21. The number of rotatable bonds is 4. The van der Waals surface area contributed by atoms with Crippen LogP contribution in [0.3, 0.4) is 0 Å². The second-order valence-electron chi connectivity index (χ2n) is 4.94. The number of nitrogens with one attached hydrogen (secondary N) is 1. The predicted octanol–water partition coefficient (Wildman–Crippen LogP) is 3.83. The van der Waals surface area contributed by atoms with E-state index in [1.807, 2.05) is 49.4 Å². The Kier molecular flexibility index (Phi) is 4.29. The van der Waals surface area contributed by atoms with Gasteiger partial charge in [-0.05, 0) is 31.2 Å². The fraction of sp³-hybridized carbons (Fsp3) is 0.0556. The minimum absolute atomic E-state index is 0.269. The Morgan fingerprint density at radius 2 is 1.74 bits per heavy atom. The Bertz CT molecular complexity index is 802. The van der Waals surface area contributed by atoms with Crippen LogP contribution in [-0.4, -0.2) is 15.9 Å². The summed E-state index contributed by atoms with van der Waals surface area (Å²) in [7, 11) is 0. The van der Waals surface area contributed by atoms with Crippen LogP contribution in [0.5, 0.6) is 11.5 Å². The van der Waals surface area contributed by atoms with E-state index in [-0.39, 0.29) is 11.6 Å². The number of benzene rings is 2. The quantitative estimate of drug-likeness (QED) is 0.795. The van der Waals surface area contributed by atoms with Crippen molar-refractivity contribution in [3.63, 3.8) is 0 Å². The van der Waals surface area contributed by atoms with Gasteiger partial charge in [-0.3, -0.25) is 9.78 Å². The first-order chi connectivity index (χ1) is 11.2. The molecule has 2 aromatic carbocycles. The highest BCUT2D eigenvalue weighted by Crippen LogP contribution is 2.24. The maximum absolute atomic E-state index is 12.1. The summed E-state index contributed by atoms with van der Waals surface area (Å²) in [5, 5.41) is 2.78. The fourth-order valence-electron chi connectivity index (χ4n) is 1.97. The van der Waals surface area contributed by atoms with Crippen LogP contribution < -0.4 is 10.1 Å². The summed E-state index contributed by atoms with van der Waals surface area (Å²) in [5.41, 5.74) is 1.66. The summed E-state index contributed by atoms with van der Waals surface area (Å²) < 4.78 is 5.74. The monoisotopic (exact) mass is 305 g/mol. The molecule has 0 fully saturated rings. The molecule has 0 aliphatic carbocycles. The Labute approximate surface area is 134 Å². The maximum Gasteiger partial charge on any atom is 0.275 e. The molecule has 23 heavy (non-hydrogen) atoms. The summed E-state index contributed by atoms with van der Waals surface area (Å²) in [4.78, 5) is 20.3. The molecule has 3 rings (SSSR count). The van der Waals surface area contributed by atoms with Gasteiger partial charge < -0.3 is 10.1 Å². The van der Waals surface area contributed by atoms with Crippen LogP contribution in [0, 0.1) is 6.92 Å². The van der Waals surface area contributed by atoms with Gasteiger partial charge in [0, 0.05) is 18.0 Å². The summed E-state index contributed by atoms with van der Waals surface area (Å²) >= 11 is 0. The largest absolute Gasteiger partial charge is 0.457 e. The first-order valence-electron chi connectivity index (χ1n) is 7.14. The average Bonchev–Trinajstić information content (AvgIpc) is 2.57. The van der Waals surface area contributed by atoms with E-state index in [1.165, 1.54) is 6.20 Å². The number of carbonyl (C=O) groups is 1. The van der Waals surface area contributed by atoms with E-state index in [0.717, 1.165) is 11.4 Å². The van der Waals surface area contributed by atoms with Crippen LogP contribution in [0.1, 0.15) is 16.2 Å². The lowest BCUT2D eigenvalue weighted by Gasteiger charge is -2.08. The molecule has 0 spiro atoms. The van der Waals surface area contributed by atoms with Crippen molar-refractivity contribution in [1.29, 1.82) is 0 Å². The van der Waals surface area contributed by atoms with E-state index < -0.39 is 0 Å². The zero-order chi connectivity index (χ0) is 16.1. The van der Waals surface area contributed by atoms with Gasteiger partial charge in [-0.2, -0.15) is 0 Å². The van der Waals surface area contributed by atoms with Crippen LogP contribution in [0.15, 0.2) is 67.0 Å². The van der Waals surface area contributed by atoms with Gasteiger partial charge in [0.15, 0.2) is 0 Å². The van der Waals surface area contributed by atoms with Crippen molar-refractivity contribution in [3.05, 3.63) is 78.4 Å². The molecule has 0 bridgehead atoms. The maximum atomic E-state index is 12.1. The molecule has 0 aliphatic heterocycles. The summed E-state index contributed by atoms with van der Waals surface area (Å²) in [6, 6.07) is 16.6. The molecule has 1 amide bonds. The molecule has 0 aliphatic rings. The van der Waals surface area contributed by atoms with Gasteiger partial charge >= 0.3 is 0 Å². The molecule has 114 valence electrons. The van der Waals surface area contributed by atoms with E-state index >= 15 is 0 Å². The van der Waals surface area contributed by atoms with Crippen molar-refractivity contribution >= 4 is 11.6 Å². The molecule has 0 saturated carbocycles. The number of ether oxygens (including phenoxy) is 1. The lowest BCUT2D eigenvalue weighted by molar-refractivity contribution is 0.102. The highest BCUT2D eigenvalue weighted by molar-refractivity contribution is 6.02. The standard InChI is InChI=1S/C18H15N3O2/c1-13-11-20-17(12-19-13)18(22)21-14-6-5-9-16(10-14)23-15-7-3-2-4-8-15/h2-12H,1H3,(H,21,22). The topological polar surface area (TPSA) is 64.1 Å². The highest BCUT2D eigenvalue weighted by Gasteiger charge is 2.08. The van der Waals surface area contributed by atoms with Crippen molar-refractivity contribution in [2.75, 3.05) is 5.32 Å². The van der Waals surface area contributed by atoms with Crippen LogP contribution >= 0.6 is 0 Å². The van der Waals surface area contributed by atoms with Gasteiger partial charge in [-0.1, -0.05) is 24.3 Å². The second-order valence-corrected chi connectivity index (χ2v) is 4.94. The molecule has 0 saturated heterocycles. The number of nitrogens with zero attached hydrogens (tertiary/aromatic N) is 2. The van der Waals surface area contributed by atoms with Gasteiger partial charge in [0.05, 0.1) is 11.9 Å². The first-order valence-corrected chi connectivity index (χ1v) is 7.14. The van der Waals surface area contributed by atoms with Crippen molar-refractivity contribution in [1.82, 2.24) is 9.97 Å². The van der Waals surface area contributed by atoms with Gasteiger partial charge in [0.25, 0.3) is 5.91 Å². The molecular weight excluding hydrogens is 290 g/mol. The van der Waals surface area contributed by atoms with Crippen LogP contribution in [-0.2, 0) is 0 Å². The SMILES string of the molecule is Cc1cnc(C(=O)Nc2cccc(Oc3ccccc3)c2)cn1. The molecule has 0 radical (unpaired) electrons. The Balaban J connectivity index is 1.72. The van der Waals surface area contributed by atoms with E-state index in [0.29, 0.717) is 11.4 Å². The predicted molar refractivity (Wildman–Crippen MR) is 87.7 cm³/mol. The highest BCUT2D eigenvalue weighted by atomic mass is 16.5. The lowest BCUT2D eigenvalue weighted by Crippen LogP contribution is -2.14. The minimum atomic E-state index is -0.311. The normalized spacial score (nSPS) is 10.1. The smallest absolute Gasteiger partial charge is 0.275 e. The van der Waals surface area contributed by atoms with Crippen molar-refractivity contribution in [3.8, 4) is 11.5 Å². The van der Waals surface area contributed by atoms with Crippen LogP contribution in [0.4, 0.5) is 5.69 Å². The van der Waals surface area contributed by atoms with Crippen LogP contribution in [0.25, 0.3) is 0 Å². The van der Waals surface area contributed by atoms with E-state index in [9.17, 15) is 4.79 Å². The van der Waals surface area contributed by atoms with Crippen molar-refractivity contribution < 1.29 is 9.53 Å². The Morgan fingerprint density at radius 1 is 0.957 bits per heavy atom. The number of aromatic nitrogens is 2. The number of hydrogen-bond acceptors (Lipinski definition) is 4. The molecular formula is C18H15N3O2. The summed E-state index contributed by atoms with van der Waals surface area (Å²) in [6.07, 6.45) is 3.01. The van der Waals surface area contributed by atoms with E-state index in [4.69, 9.17) is 4.74 Å². The van der Waals surface area contributed by atoms with Crippen molar-refractivity contribution in [2.24, 2.45) is 0 Å². The average molecular weight is 305 g/mol. The summed E-state index contributed by atoms with van der Waals surface area (Å²) in [5.74, 6) is 1.07. The molecule has 1 N–H and O–H groups in total. The first kappa shape index (κ1) is 14.7. The zero-order valence-electron chi connectivity index (χ0n) is 12.6. The third-order valence-electron chi connectivity index (χ3n) is 3.08. The number of aryl methyl sites for hydroxylation is 1. The van der Waals surface area contributed by atoms with Crippen LogP contribution in [0.2, 0.25) is 0 Å². The number of carbonyl (C=O) groups excluding carboxylic acids is 1. The molecule has 3 aromatic rings. The minimum Gasteiger partial charge on any atom is -0.457 e. The summed E-state index contributed by atoms with van der Waals surface area (Å²) in [6.45, 7) is 1.82. The lowest BCUT2D eigenvalue weighted by atomic mass is 10.3. The molecule has 5 heteroatoms. The van der Waals surface area contributed by atoms with E-state index in [2.05, 4.69) is 15.3 Å². The zero-order valence-corrected chi connectivity index (χ0v) is 12.6. The molecule has 5 nitrogen and oxygen atoms in total. The van der Waals surface area contributed by atoms with Crippen molar-refractivity contribution in [2.45, 2.75) is 6.92 Å². The number of hydrogen-bond donors (Lipinski definition) is 1. The molecule has 0 unspecified atom stereocenters. The third-order valence-corrected chi connectivity index (χ3v) is 3.08. The van der Waals surface area contributed by atoms with E-state index in [1.54, 1.807) is 18.3 Å². The Morgan fingerprint density at radius 3 is 2.48 bits per heavy atom. The third kappa shape index (κ3) is 3.91. The fourth-order valence-corrected chi connectivity index (χ4v) is 1.97. The molecule has 1 heterocycles. The molecule has 1 aromatic heterocycles.